The van der Waals surface area contributed by atoms with E-state index in [0.29, 0.717) is 11.3 Å². The summed E-state index contributed by atoms with van der Waals surface area (Å²) in [4.78, 5) is 0. The number of hydrogen-bond donors (Lipinski definition) is 3. The average molecular weight is 332 g/mol. The van der Waals surface area contributed by atoms with E-state index in [1.165, 1.54) is 13.0 Å². The van der Waals surface area contributed by atoms with Crippen LogP contribution < -0.4 is 4.74 Å². The smallest absolute Gasteiger partial charge is 0.389 e. The van der Waals surface area contributed by atoms with Crippen LogP contribution in [0.15, 0.2) is 24.3 Å². The lowest BCUT2D eigenvalue weighted by Crippen LogP contribution is -2.12. The standard InChI is InChI=1S/C15H19F3N2O3/c1-10(19)23-14(20)9-13(21)11-4-2-5-12(8-11)22-7-3-6-15(16,17)18/h2,4-5,8,13,19-21H,3,6-7,9H2,1H3. The fourth-order valence-electron chi connectivity index (χ4n) is 1.79. The van der Waals surface area contributed by atoms with Gasteiger partial charge < -0.3 is 14.6 Å². The molecule has 0 bridgehead atoms. The lowest BCUT2D eigenvalue weighted by Gasteiger charge is -2.14. The van der Waals surface area contributed by atoms with Crippen molar-refractivity contribution in [1.29, 1.82) is 10.8 Å². The Morgan fingerprint density at radius 1 is 1.30 bits per heavy atom. The summed E-state index contributed by atoms with van der Waals surface area (Å²) in [7, 11) is 0. The second kappa shape index (κ2) is 8.52. The lowest BCUT2D eigenvalue weighted by atomic mass is 10.1. The van der Waals surface area contributed by atoms with Gasteiger partial charge in [-0.3, -0.25) is 10.8 Å². The highest BCUT2D eigenvalue weighted by atomic mass is 19.4. The molecule has 1 unspecified atom stereocenters. The molecule has 0 spiro atoms. The van der Waals surface area contributed by atoms with Gasteiger partial charge >= 0.3 is 6.18 Å². The maximum Gasteiger partial charge on any atom is 0.389 e. The first-order valence-electron chi connectivity index (χ1n) is 6.95. The van der Waals surface area contributed by atoms with Crippen LogP contribution in [0.2, 0.25) is 0 Å². The van der Waals surface area contributed by atoms with Gasteiger partial charge in [0.25, 0.3) is 0 Å². The van der Waals surface area contributed by atoms with E-state index >= 15 is 0 Å². The highest BCUT2D eigenvalue weighted by Crippen LogP contribution is 2.24. The topological polar surface area (TPSA) is 86.4 Å². The van der Waals surface area contributed by atoms with Crippen LogP contribution in [0.3, 0.4) is 0 Å². The van der Waals surface area contributed by atoms with Gasteiger partial charge in [-0.15, -0.1) is 0 Å². The quantitative estimate of drug-likeness (QED) is 0.403. The molecule has 5 nitrogen and oxygen atoms in total. The number of benzene rings is 1. The van der Waals surface area contributed by atoms with Crippen LogP contribution in [0.4, 0.5) is 13.2 Å². The molecule has 1 aromatic carbocycles. The predicted molar refractivity (Wildman–Crippen MR) is 79.0 cm³/mol. The second-order valence-corrected chi connectivity index (χ2v) is 4.94. The largest absolute Gasteiger partial charge is 0.494 e. The molecule has 0 aliphatic carbocycles. The highest BCUT2D eigenvalue weighted by Gasteiger charge is 2.26. The molecule has 0 aromatic heterocycles. The normalized spacial score (nSPS) is 12.6. The first-order chi connectivity index (χ1) is 10.7. The number of aliphatic hydroxyl groups is 1. The van der Waals surface area contributed by atoms with E-state index in [9.17, 15) is 18.3 Å². The molecular formula is C15H19F3N2O3. The summed E-state index contributed by atoms with van der Waals surface area (Å²) in [5.74, 6) is -0.0511. The third-order valence-corrected chi connectivity index (χ3v) is 2.77. The number of hydrogen-bond acceptors (Lipinski definition) is 5. The van der Waals surface area contributed by atoms with Crippen molar-refractivity contribution in [3.63, 3.8) is 0 Å². The molecule has 23 heavy (non-hydrogen) atoms. The first kappa shape index (κ1) is 19.0. The number of rotatable bonds is 7. The number of alkyl halides is 3. The molecule has 8 heteroatoms. The van der Waals surface area contributed by atoms with Gasteiger partial charge in [0.2, 0.25) is 0 Å². The van der Waals surface area contributed by atoms with Crippen molar-refractivity contribution in [3.8, 4) is 5.75 Å². The van der Waals surface area contributed by atoms with Crippen molar-refractivity contribution < 1.29 is 27.8 Å². The summed E-state index contributed by atoms with van der Waals surface area (Å²) in [6.07, 6.45) is -6.40. The maximum absolute atomic E-state index is 12.0. The van der Waals surface area contributed by atoms with Gasteiger partial charge in [0, 0.05) is 13.3 Å². The van der Waals surface area contributed by atoms with Gasteiger partial charge in [0.05, 0.1) is 19.1 Å². The summed E-state index contributed by atoms with van der Waals surface area (Å²) in [5, 5.41) is 24.6. The number of ether oxygens (including phenoxy) is 2. The van der Waals surface area contributed by atoms with E-state index in [0.717, 1.165) is 0 Å². The van der Waals surface area contributed by atoms with E-state index < -0.39 is 18.7 Å². The minimum absolute atomic E-state index is 0.0784. The van der Waals surface area contributed by atoms with E-state index in [1.807, 2.05) is 0 Å². The molecule has 1 aromatic rings. The van der Waals surface area contributed by atoms with Gasteiger partial charge in [-0.2, -0.15) is 13.2 Å². The van der Waals surface area contributed by atoms with Crippen molar-refractivity contribution in [1.82, 2.24) is 0 Å². The average Bonchev–Trinajstić information content (AvgIpc) is 2.42. The molecule has 1 rings (SSSR count). The van der Waals surface area contributed by atoms with Crippen molar-refractivity contribution >= 4 is 11.8 Å². The van der Waals surface area contributed by atoms with Crippen LogP contribution in [0.25, 0.3) is 0 Å². The van der Waals surface area contributed by atoms with Crippen LogP contribution in [0.5, 0.6) is 5.75 Å². The Labute approximate surface area is 132 Å². The van der Waals surface area contributed by atoms with Gasteiger partial charge in [-0.25, -0.2) is 0 Å². The van der Waals surface area contributed by atoms with Crippen LogP contribution >= 0.6 is 0 Å². The fourth-order valence-corrected chi connectivity index (χ4v) is 1.79. The Balaban J connectivity index is 2.52. The molecule has 0 heterocycles. The molecule has 128 valence electrons. The third-order valence-electron chi connectivity index (χ3n) is 2.77. The zero-order chi connectivity index (χ0) is 17.5. The molecule has 0 saturated heterocycles. The van der Waals surface area contributed by atoms with Crippen LogP contribution in [0, 0.1) is 10.8 Å². The van der Waals surface area contributed by atoms with Crippen molar-refractivity contribution in [3.05, 3.63) is 29.8 Å². The second-order valence-electron chi connectivity index (χ2n) is 4.94. The Morgan fingerprint density at radius 2 is 2.00 bits per heavy atom. The zero-order valence-electron chi connectivity index (χ0n) is 12.6. The molecule has 0 saturated carbocycles. The van der Waals surface area contributed by atoms with Crippen LogP contribution in [0.1, 0.15) is 37.9 Å². The van der Waals surface area contributed by atoms with Crippen molar-refractivity contribution in [2.45, 2.75) is 38.5 Å². The van der Waals surface area contributed by atoms with Gasteiger partial charge in [0.1, 0.15) is 5.75 Å². The minimum atomic E-state index is -4.20. The van der Waals surface area contributed by atoms with Gasteiger partial charge in [0.15, 0.2) is 11.8 Å². The molecular weight excluding hydrogens is 313 g/mol. The molecule has 1 atom stereocenters. The summed E-state index contributed by atoms with van der Waals surface area (Å²) in [6, 6.07) is 6.29. The zero-order valence-corrected chi connectivity index (χ0v) is 12.6. The Hall–Kier alpha value is -2.09. The van der Waals surface area contributed by atoms with Crippen molar-refractivity contribution in [2.24, 2.45) is 0 Å². The summed E-state index contributed by atoms with van der Waals surface area (Å²) >= 11 is 0. The minimum Gasteiger partial charge on any atom is -0.494 e. The molecule has 0 fully saturated rings. The summed E-state index contributed by atoms with van der Waals surface area (Å²) < 4.78 is 46.1. The van der Waals surface area contributed by atoms with Gasteiger partial charge in [-0.05, 0) is 24.1 Å². The van der Waals surface area contributed by atoms with E-state index in [4.69, 9.17) is 20.3 Å². The Bertz CT molecular complexity index is 547. The molecule has 0 amide bonds. The fraction of sp³-hybridized carbons (Fsp3) is 0.467. The highest BCUT2D eigenvalue weighted by molar-refractivity contribution is 5.87. The van der Waals surface area contributed by atoms with E-state index in [-0.39, 0.29) is 31.2 Å². The first-order valence-corrected chi connectivity index (χ1v) is 6.95. The Morgan fingerprint density at radius 3 is 2.61 bits per heavy atom. The lowest BCUT2D eigenvalue weighted by molar-refractivity contribution is -0.136. The molecule has 0 aliphatic rings. The maximum atomic E-state index is 12.0. The van der Waals surface area contributed by atoms with E-state index in [1.54, 1.807) is 18.2 Å². The number of halogens is 3. The van der Waals surface area contributed by atoms with Gasteiger partial charge in [-0.1, -0.05) is 12.1 Å². The van der Waals surface area contributed by atoms with Crippen molar-refractivity contribution in [2.75, 3.05) is 6.61 Å². The molecule has 3 N–H and O–H groups in total. The third kappa shape index (κ3) is 8.20. The summed E-state index contributed by atoms with van der Waals surface area (Å²) in [6.45, 7) is 1.29. The van der Waals surface area contributed by atoms with Crippen LogP contribution in [-0.4, -0.2) is 29.7 Å². The molecule has 0 radical (unpaired) electrons. The van der Waals surface area contributed by atoms with E-state index in [2.05, 4.69) is 0 Å². The predicted octanol–water partition coefficient (Wildman–Crippen LogP) is 3.82. The molecule has 0 aliphatic heterocycles. The Kier molecular flexibility index (Phi) is 7.02. The van der Waals surface area contributed by atoms with Crippen LogP contribution in [-0.2, 0) is 4.74 Å². The number of aliphatic hydroxyl groups excluding tert-OH is 1. The monoisotopic (exact) mass is 332 g/mol. The summed E-state index contributed by atoms with van der Waals surface area (Å²) in [5.41, 5.74) is 0.453. The number of nitrogens with one attached hydrogen (secondary N) is 2. The SMILES string of the molecule is CC(=N)OC(=N)CC(O)c1cccc(OCCCC(F)(F)F)c1.